The molecule has 0 aromatic heterocycles. The monoisotopic (exact) mass is 129 g/mol. The van der Waals surface area contributed by atoms with Crippen LogP contribution in [0.15, 0.2) is 11.9 Å². The first-order chi connectivity index (χ1) is 4.33. The molecule has 0 aromatic carbocycles. The van der Waals surface area contributed by atoms with Crippen molar-refractivity contribution in [1.82, 2.24) is 5.32 Å². The van der Waals surface area contributed by atoms with Crippen LogP contribution in [0.1, 0.15) is 19.3 Å². The molecule has 9 heavy (non-hydrogen) atoms. The third kappa shape index (κ3) is 1.79. The average Bonchev–Trinajstić information content (AvgIpc) is 1.90. The Labute approximate surface area is 54.9 Å². The van der Waals surface area contributed by atoms with Gasteiger partial charge in [0.15, 0.2) is 0 Å². The molecule has 0 radical (unpaired) electrons. The van der Waals surface area contributed by atoms with Crippen LogP contribution >= 0.6 is 0 Å². The molecular weight excluding hydrogens is 117 g/mol. The van der Waals surface area contributed by atoms with Crippen LogP contribution in [0.3, 0.4) is 0 Å². The van der Waals surface area contributed by atoms with E-state index in [-0.39, 0.29) is 5.83 Å². The Morgan fingerprint density at radius 2 is 2.56 bits per heavy atom. The lowest BCUT2D eigenvalue weighted by atomic mass is 10.0. The van der Waals surface area contributed by atoms with Gasteiger partial charge in [0.05, 0.1) is 5.83 Å². The number of nitrogens with one attached hydrogen (secondary N) is 1. The molecule has 0 amide bonds. The maximum atomic E-state index is 12.3. The number of allylic oxidation sites excluding steroid dienone is 1. The van der Waals surface area contributed by atoms with Crippen molar-refractivity contribution in [2.75, 3.05) is 7.05 Å². The molecule has 0 heterocycles. The van der Waals surface area contributed by atoms with Gasteiger partial charge in [-0.2, -0.15) is 0 Å². The van der Waals surface area contributed by atoms with Crippen molar-refractivity contribution in [3.8, 4) is 0 Å². The van der Waals surface area contributed by atoms with E-state index in [9.17, 15) is 4.39 Å². The van der Waals surface area contributed by atoms with E-state index in [1.807, 2.05) is 7.05 Å². The maximum absolute atomic E-state index is 12.3. The molecule has 1 nitrogen and oxygen atoms in total. The van der Waals surface area contributed by atoms with E-state index in [1.54, 1.807) is 6.08 Å². The largest absolute Gasteiger partial charge is 0.317 e. The second-order valence-corrected chi connectivity index (χ2v) is 2.41. The number of halogens is 1. The average molecular weight is 129 g/mol. The molecule has 0 saturated carbocycles. The summed E-state index contributed by atoms with van der Waals surface area (Å²) in [5, 5.41) is 3.11. The summed E-state index contributed by atoms with van der Waals surface area (Å²) in [6.07, 6.45) is 4.08. The summed E-state index contributed by atoms with van der Waals surface area (Å²) in [6, 6.07) is 0.504. The lowest BCUT2D eigenvalue weighted by Crippen LogP contribution is -2.26. The van der Waals surface area contributed by atoms with Gasteiger partial charge >= 0.3 is 0 Å². The highest BCUT2D eigenvalue weighted by Crippen LogP contribution is 2.17. The molecule has 1 atom stereocenters. The van der Waals surface area contributed by atoms with Gasteiger partial charge in [0.25, 0.3) is 0 Å². The third-order valence-corrected chi connectivity index (χ3v) is 1.76. The lowest BCUT2D eigenvalue weighted by molar-refractivity contribution is 0.453. The summed E-state index contributed by atoms with van der Waals surface area (Å²) in [5.41, 5.74) is 0. The summed E-state index contributed by atoms with van der Waals surface area (Å²) in [4.78, 5) is 0. The van der Waals surface area contributed by atoms with E-state index in [4.69, 9.17) is 0 Å². The molecule has 0 aliphatic heterocycles. The van der Waals surface area contributed by atoms with Gasteiger partial charge in [0.1, 0.15) is 0 Å². The zero-order valence-electron chi connectivity index (χ0n) is 5.65. The van der Waals surface area contributed by atoms with Crippen LogP contribution in [-0.4, -0.2) is 13.1 Å². The van der Waals surface area contributed by atoms with E-state index in [0.29, 0.717) is 12.5 Å². The van der Waals surface area contributed by atoms with E-state index >= 15 is 0 Å². The standard InChI is InChI=1S/C7H12FN/c1-9-7-4-2-6(8)3-5-7/h2,7,9H,3-5H2,1H3. The van der Waals surface area contributed by atoms with Gasteiger partial charge in [0.2, 0.25) is 0 Å². The first-order valence-corrected chi connectivity index (χ1v) is 3.34. The van der Waals surface area contributed by atoms with Crippen LogP contribution < -0.4 is 5.32 Å². The second-order valence-electron chi connectivity index (χ2n) is 2.41. The van der Waals surface area contributed by atoms with Crippen molar-refractivity contribution >= 4 is 0 Å². The number of rotatable bonds is 1. The Balaban J connectivity index is 2.36. The van der Waals surface area contributed by atoms with Crippen LogP contribution in [0.25, 0.3) is 0 Å². The topological polar surface area (TPSA) is 12.0 Å². The van der Waals surface area contributed by atoms with Crippen molar-refractivity contribution in [1.29, 1.82) is 0 Å². The Hall–Kier alpha value is -0.370. The van der Waals surface area contributed by atoms with Gasteiger partial charge in [-0.3, -0.25) is 0 Å². The van der Waals surface area contributed by atoms with Gasteiger partial charge in [-0.1, -0.05) is 6.08 Å². The summed E-state index contributed by atoms with van der Waals surface area (Å²) < 4.78 is 12.3. The van der Waals surface area contributed by atoms with Crippen molar-refractivity contribution in [3.05, 3.63) is 11.9 Å². The van der Waals surface area contributed by atoms with Crippen molar-refractivity contribution in [2.45, 2.75) is 25.3 Å². The molecule has 0 bridgehead atoms. The Bertz CT molecular complexity index is 120. The molecule has 0 aromatic rings. The van der Waals surface area contributed by atoms with Crippen LogP contribution in [0.4, 0.5) is 4.39 Å². The van der Waals surface area contributed by atoms with Crippen LogP contribution in [0.5, 0.6) is 0 Å². The molecule has 1 aliphatic carbocycles. The summed E-state index contributed by atoms with van der Waals surface area (Å²) in [7, 11) is 1.92. The van der Waals surface area contributed by atoms with Gasteiger partial charge in [-0.05, 0) is 19.9 Å². The molecule has 1 unspecified atom stereocenters. The van der Waals surface area contributed by atoms with Crippen LogP contribution in [0.2, 0.25) is 0 Å². The predicted molar refractivity (Wildman–Crippen MR) is 35.9 cm³/mol. The van der Waals surface area contributed by atoms with E-state index in [2.05, 4.69) is 5.32 Å². The highest BCUT2D eigenvalue weighted by atomic mass is 19.1. The zero-order chi connectivity index (χ0) is 6.69. The molecule has 0 fully saturated rings. The summed E-state index contributed by atoms with van der Waals surface area (Å²) >= 11 is 0. The minimum atomic E-state index is 0.0569. The summed E-state index contributed by atoms with van der Waals surface area (Å²) in [6.45, 7) is 0. The van der Waals surface area contributed by atoms with Gasteiger partial charge in [-0.15, -0.1) is 0 Å². The first-order valence-electron chi connectivity index (χ1n) is 3.34. The van der Waals surface area contributed by atoms with Crippen LogP contribution in [0, 0.1) is 0 Å². The minimum absolute atomic E-state index is 0.0569. The molecule has 52 valence electrons. The highest BCUT2D eigenvalue weighted by molar-refractivity contribution is 4.99. The fourth-order valence-corrected chi connectivity index (χ4v) is 1.06. The lowest BCUT2D eigenvalue weighted by Gasteiger charge is -2.17. The minimum Gasteiger partial charge on any atom is -0.317 e. The molecule has 1 rings (SSSR count). The molecule has 2 heteroatoms. The maximum Gasteiger partial charge on any atom is 0.0961 e. The van der Waals surface area contributed by atoms with E-state index in [0.717, 1.165) is 12.8 Å². The SMILES string of the molecule is CNC1CC=C(F)CC1. The fourth-order valence-electron chi connectivity index (χ4n) is 1.06. The highest BCUT2D eigenvalue weighted by Gasteiger charge is 2.10. The summed E-state index contributed by atoms with van der Waals surface area (Å²) in [5.74, 6) is 0.0569. The first kappa shape index (κ1) is 6.75. The molecule has 1 aliphatic rings. The van der Waals surface area contributed by atoms with Gasteiger partial charge < -0.3 is 5.32 Å². The molecule has 0 spiro atoms. The number of hydrogen-bond donors (Lipinski definition) is 1. The number of hydrogen-bond acceptors (Lipinski definition) is 1. The normalized spacial score (nSPS) is 27.8. The molecular formula is C7H12FN. The van der Waals surface area contributed by atoms with Crippen molar-refractivity contribution < 1.29 is 4.39 Å². The van der Waals surface area contributed by atoms with Crippen LogP contribution in [-0.2, 0) is 0 Å². The van der Waals surface area contributed by atoms with Gasteiger partial charge in [0, 0.05) is 12.5 Å². The zero-order valence-corrected chi connectivity index (χ0v) is 5.65. The molecule has 0 saturated heterocycles. The molecule has 1 N–H and O–H groups in total. The Morgan fingerprint density at radius 3 is 3.00 bits per heavy atom. The van der Waals surface area contributed by atoms with E-state index in [1.165, 1.54) is 0 Å². The van der Waals surface area contributed by atoms with Gasteiger partial charge in [-0.25, -0.2) is 4.39 Å². The Morgan fingerprint density at radius 1 is 1.78 bits per heavy atom. The van der Waals surface area contributed by atoms with Crippen molar-refractivity contribution in [2.24, 2.45) is 0 Å². The van der Waals surface area contributed by atoms with E-state index < -0.39 is 0 Å². The Kier molecular flexibility index (Phi) is 2.22. The van der Waals surface area contributed by atoms with Crippen molar-refractivity contribution in [3.63, 3.8) is 0 Å². The third-order valence-electron chi connectivity index (χ3n) is 1.76. The second kappa shape index (κ2) is 2.97. The quantitative estimate of drug-likeness (QED) is 0.567. The smallest absolute Gasteiger partial charge is 0.0961 e. The fraction of sp³-hybridized carbons (Fsp3) is 0.714. The predicted octanol–water partition coefficient (Wildman–Crippen LogP) is 1.61.